The van der Waals surface area contributed by atoms with E-state index in [4.69, 9.17) is 12.2 Å². The zero-order chi connectivity index (χ0) is 13.4. The molecule has 0 radical (unpaired) electrons. The van der Waals surface area contributed by atoms with Gasteiger partial charge in [-0.1, -0.05) is 18.2 Å². The van der Waals surface area contributed by atoms with Crippen molar-refractivity contribution >= 4 is 44.9 Å². The van der Waals surface area contributed by atoms with Gasteiger partial charge in [-0.15, -0.1) is 6.58 Å². The first-order chi connectivity index (χ1) is 8.63. The van der Waals surface area contributed by atoms with E-state index in [1.807, 2.05) is 24.3 Å². The van der Waals surface area contributed by atoms with Crippen molar-refractivity contribution in [3.8, 4) is 0 Å². The highest BCUT2D eigenvalue weighted by Gasteiger charge is 2.05. The number of para-hydroxylation sites is 1. The van der Waals surface area contributed by atoms with Gasteiger partial charge < -0.3 is 16.0 Å². The molecule has 1 aromatic rings. The van der Waals surface area contributed by atoms with E-state index in [1.54, 1.807) is 6.08 Å². The molecule has 96 valence electrons. The van der Waals surface area contributed by atoms with E-state index in [-0.39, 0.29) is 12.5 Å². The molecule has 3 N–H and O–H groups in total. The summed E-state index contributed by atoms with van der Waals surface area (Å²) in [5.41, 5.74) is 0.731. The van der Waals surface area contributed by atoms with Crippen LogP contribution in [0.2, 0.25) is 0 Å². The minimum Gasteiger partial charge on any atom is -0.359 e. The van der Waals surface area contributed by atoms with Crippen LogP contribution < -0.4 is 16.0 Å². The fourth-order valence-electron chi connectivity index (χ4n) is 1.14. The van der Waals surface area contributed by atoms with Gasteiger partial charge in [0, 0.05) is 11.0 Å². The molecule has 0 spiro atoms. The average Bonchev–Trinajstić information content (AvgIpc) is 2.36. The van der Waals surface area contributed by atoms with Crippen molar-refractivity contribution in [3.05, 3.63) is 41.4 Å². The zero-order valence-corrected chi connectivity index (χ0v) is 12.1. The second kappa shape index (κ2) is 7.84. The number of nitrogens with one attached hydrogen (secondary N) is 3. The summed E-state index contributed by atoms with van der Waals surface area (Å²) in [7, 11) is 0. The van der Waals surface area contributed by atoms with E-state index in [1.165, 1.54) is 0 Å². The summed E-state index contributed by atoms with van der Waals surface area (Å²) < 4.78 is 0.839. The Morgan fingerprint density at radius 1 is 1.39 bits per heavy atom. The van der Waals surface area contributed by atoms with Crippen LogP contribution in [0.4, 0.5) is 5.69 Å². The van der Waals surface area contributed by atoms with Crippen LogP contribution in [0.3, 0.4) is 0 Å². The lowest BCUT2D eigenvalue weighted by molar-refractivity contribution is -0.115. The molecule has 1 amide bonds. The minimum absolute atomic E-state index is 0.115. The highest BCUT2D eigenvalue weighted by atomic mass is 79.9. The molecule has 0 bridgehead atoms. The molecule has 0 aliphatic carbocycles. The number of benzene rings is 1. The van der Waals surface area contributed by atoms with Crippen molar-refractivity contribution in [1.29, 1.82) is 0 Å². The molecule has 4 nitrogen and oxygen atoms in total. The Hall–Kier alpha value is -1.40. The van der Waals surface area contributed by atoms with Crippen molar-refractivity contribution in [3.63, 3.8) is 0 Å². The molecule has 0 fully saturated rings. The quantitative estimate of drug-likeness (QED) is 0.572. The molecule has 0 aromatic heterocycles. The fourth-order valence-corrected chi connectivity index (χ4v) is 1.68. The first kappa shape index (κ1) is 14.7. The summed E-state index contributed by atoms with van der Waals surface area (Å²) in [5, 5.41) is 8.87. The predicted octanol–water partition coefficient (Wildman–Crippen LogP) is 2.04. The van der Waals surface area contributed by atoms with E-state index in [0.29, 0.717) is 11.7 Å². The topological polar surface area (TPSA) is 53.2 Å². The highest BCUT2D eigenvalue weighted by molar-refractivity contribution is 9.10. The van der Waals surface area contributed by atoms with Gasteiger partial charge in [0.25, 0.3) is 0 Å². The summed E-state index contributed by atoms with van der Waals surface area (Å²) >= 11 is 8.32. The normalized spacial score (nSPS) is 9.39. The fraction of sp³-hybridized carbons (Fsp3) is 0.167. The van der Waals surface area contributed by atoms with E-state index in [9.17, 15) is 4.79 Å². The Labute approximate surface area is 120 Å². The number of anilines is 1. The SMILES string of the molecule is C=CCNC(=S)NCC(=O)Nc1ccccc1Br. The van der Waals surface area contributed by atoms with Gasteiger partial charge in [-0.25, -0.2) is 0 Å². The Balaban J connectivity index is 2.36. The number of thiocarbonyl (C=S) groups is 1. The summed E-state index contributed by atoms with van der Waals surface area (Å²) in [6.07, 6.45) is 1.69. The first-order valence-corrected chi connectivity index (χ1v) is 6.50. The maximum Gasteiger partial charge on any atom is 0.243 e. The number of hydrogen-bond donors (Lipinski definition) is 3. The minimum atomic E-state index is -0.162. The maximum atomic E-state index is 11.6. The lowest BCUT2D eigenvalue weighted by Crippen LogP contribution is -2.39. The molecule has 0 saturated heterocycles. The molecular formula is C12H14BrN3OS. The molecule has 6 heteroatoms. The number of carbonyl (C=O) groups excluding carboxylic acids is 1. The Bertz CT molecular complexity index is 451. The monoisotopic (exact) mass is 327 g/mol. The van der Waals surface area contributed by atoms with Gasteiger partial charge in [0.2, 0.25) is 5.91 Å². The zero-order valence-electron chi connectivity index (χ0n) is 9.70. The molecule has 0 aliphatic rings. The van der Waals surface area contributed by atoms with Gasteiger partial charge in [-0.2, -0.15) is 0 Å². The van der Waals surface area contributed by atoms with Crippen molar-refractivity contribution in [2.75, 3.05) is 18.4 Å². The lowest BCUT2D eigenvalue weighted by atomic mass is 10.3. The van der Waals surface area contributed by atoms with Crippen LogP contribution in [0.25, 0.3) is 0 Å². The van der Waals surface area contributed by atoms with E-state index >= 15 is 0 Å². The lowest BCUT2D eigenvalue weighted by Gasteiger charge is -2.10. The highest BCUT2D eigenvalue weighted by Crippen LogP contribution is 2.20. The van der Waals surface area contributed by atoms with Crippen molar-refractivity contribution in [2.45, 2.75) is 0 Å². The van der Waals surface area contributed by atoms with Gasteiger partial charge in [-0.3, -0.25) is 4.79 Å². The molecule has 0 atom stereocenters. The standard InChI is InChI=1S/C12H14BrN3OS/c1-2-7-14-12(18)15-8-11(17)16-10-6-4-3-5-9(10)13/h2-6H,1,7-8H2,(H,16,17)(H2,14,15,18). The van der Waals surface area contributed by atoms with Crippen LogP contribution in [-0.2, 0) is 4.79 Å². The first-order valence-electron chi connectivity index (χ1n) is 5.30. The molecule has 1 rings (SSSR count). The second-order valence-corrected chi connectivity index (χ2v) is 4.64. The molecule has 1 aromatic carbocycles. The third-order valence-corrected chi connectivity index (χ3v) is 2.94. The third-order valence-electron chi connectivity index (χ3n) is 1.96. The van der Waals surface area contributed by atoms with Crippen molar-refractivity contribution in [2.24, 2.45) is 0 Å². The number of hydrogen-bond acceptors (Lipinski definition) is 2. The van der Waals surface area contributed by atoms with Crippen LogP contribution in [-0.4, -0.2) is 24.1 Å². The maximum absolute atomic E-state index is 11.6. The van der Waals surface area contributed by atoms with E-state index in [0.717, 1.165) is 10.2 Å². The van der Waals surface area contributed by atoms with Gasteiger partial charge in [-0.05, 0) is 40.3 Å². The molecule has 18 heavy (non-hydrogen) atoms. The van der Waals surface area contributed by atoms with Gasteiger partial charge in [0.05, 0.1) is 12.2 Å². The average molecular weight is 328 g/mol. The third kappa shape index (κ3) is 5.29. The van der Waals surface area contributed by atoms with Gasteiger partial charge >= 0.3 is 0 Å². The van der Waals surface area contributed by atoms with E-state index in [2.05, 4.69) is 38.5 Å². The number of rotatable bonds is 5. The number of amides is 1. The largest absolute Gasteiger partial charge is 0.359 e. The summed E-state index contributed by atoms with van der Waals surface area (Å²) in [6.45, 7) is 4.24. The van der Waals surface area contributed by atoms with Crippen molar-refractivity contribution < 1.29 is 4.79 Å². The van der Waals surface area contributed by atoms with Crippen LogP contribution in [0, 0.1) is 0 Å². The van der Waals surface area contributed by atoms with Crippen molar-refractivity contribution in [1.82, 2.24) is 10.6 Å². The molecule has 0 heterocycles. The smallest absolute Gasteiger partial charge is 0.243 e. The number of carbonyl (C=O) groups is 1. The second-order valence-electron chi connectivity index (χ2n) is 3.38. The van der Waals surface area contributed by atoms with Gasteiger partial charge in [0.15, 0.2) is 5.11 Å². The van der Waals surface area contributed by atoms with Crippen LogP contribution in [0.5, 0.6) is 0 Å². The molecular weight excluding hydrogens is 314 g/mol. The molecule has 0 aliphatic heterocycles. The van der Waals surface area contributed by atoms with E-state index < -0.39 is 0 Å². The Morgan fingerprint density at radius 3 is 2.78 bits per heavy atom. The van der Waals surface area contributed by atoms with Crippen LogP contribution >= 0.6 is 28.1 Å². The van der Waals surface area contributed by atoms with Crippen LogP contribution in [0.15, 0.2) is 41.4 Å². The summed E-state index contributed by atoms with van der Waals surface area (Å²) in [6, 6.07) is 7.41. The predicted molar refractivity (Wildman–Crippen MR) is 81.6 cm³/mol. The summed E-state index contributed by atoms with van der Waals surface area (Å²) in [5.74, 6) is -0.162. The Kier molecular flexibility index (Phi) is 6.38. The Morgan fingerprint density at radius 2 is 2.11 bits per heavy atom. The molecule has 0 unspecified atom stereocenters. The van der Waals surface area contributed by atoms with Gasteiger partial charge in [0.1, 0.15) is 0 Å². The number of halogens is 1. The molecule has 0 saturated carbocycles. The summed E-state index contributed by atoms with van der Waals surface area (Å²) in [4.78, 5) is 11.6. The van der Waals surface area contributed by atoms with Crippen LogP contribution in [0.1, 0.15) is 0 Å².